The van der Waals surface area contributed by atoms with Gasteiger partial charge in [-0.2, -0.15) is 0 Å². The summed E-state index contributed by atoms with van der Waals surface area (Å²) in [7, 11) is 3.41. The van der Waals surface area contributed by atoms with Gasteiger partial charge in [-0.15, -0.1) is 0 Å². The summed E-state index contributed by atoms with van der Waals surface area (Å²) in [5, 5.41) is 3.45. The molecule has 2 fully saturated rings. The van der Waals surface area contributed by atoms with Gasteiger partial charge in [0.05, 0.1) is 14.2 Å². The largest absolute Gasteiger partial charge is 0.495 e. The van der Waals surface area contributed by atoms with Crippen LogP contribution in [0.4, 0.5) is 0 Å². The van der Waals surface area contributed by atoms with Crippen molar-refractivity contribution in [2.75, 3.05) is 53.6 Å². The minimum Gasteiger partial charge on any atom is -0.495 e. The summed E-state index contributed by atoms with van der Waals surface area (Å²) >= 11 is 3.58. The summed E-state index contributed by atoms with van der Waals surface area (Å²) in [5.41, 5.74) is 1.28. The molecule has 134 valence electrons. The van der Waals surface area contributed by atoms with Gasteiger partial charge in [-0.25, -0.2) is 0 Å². The molecule has 1 aromatic carbocycles. The van der Waals surface area contributed by atoms with E-state index < -0.39 is 0 Å². The van der Waals surface area contributed by atoms with E-state index in [0.29, 0.717) is 12.0 Å². The van der Waals surface area contributed by atoms with Gasteiger partial charge in [0.25, 0.3) is 0 Å². The van der Waals surface area contributed by atoms with Gasteiger partial charge in [0, 0.05) is 45.4 Å². The van der Waals surface area contributed by atoms with E-state index >= 15 is 0 Å². The molecule has 0 aliphatic carbocycles. The van der Waals surface area contributed by atoms with Crippen LogP contribution in [0.15, 0.2) is 16.6 Å². The van der Waals surface area contributed by atoms with Crippen molar-refractivity contribution >= 4 is 15.9 Å². The van der Waals surface area contributed by atoms with Gasteiger partial charge in [0.2, 0.25) is 0 Å². The predicted molar refractivity (Wildman–Crippen MR) is 98.0 cm³/mol. The fourth-order valence-corrected chi connectivity index (χ4v) is 4.39. The monoisotopic (exact) mass is 398 g/mol. The number of nitrogens with one attached hydrogen (secondary N) is 1. The van der Waals surface area contributed by atoms with Gasteiger partial charge in [0.1, 0.15) is 16.0 Å². The van der Waals surface area contributed by atoms with Crippen LogP contribution in [0.2, 0.25) is 0 Å². The van der Waals surface area contributed by atoms with Crippen LogP contribution in [0.25, 0.3) is 0 Å². The Hall–Kier alpha value is -0.820. The molecule has 0 radical (unpaired) electrons. The van der Waals surface area contributed by atoms with Crippen LogP contribution in [-0.2, 0) is 4.74 Å². The van der Waals surface area contributed by atoms with Crippen molar-refractivity contribution < 1.29 is 14.2 Å². The molecule has 6 heteroatoms. The summed E-state index contributed by atoms with van der Waals surface area (Å²) in [6.45, 7) is 5.95. The lowest BCUT2D eigenvalue weighted by Gasteiger charge is -2.41. The van der Waals surface area contributed by atoms with Gasteiger partial charge in [-0.1, -0.05) is 0 Å². The highest BCUT2D eigenvalue weighted by atomic mass is 79.9. The van der Waals surface area contributed by atoms with Crippen LogP contribution in [0, 0.1) is 5.92 Å². The zero-order valence-electron chi connectivity index (χ0n) is 14.5. The van der Waals surface area contributed by atoms with Crippen LogP contribution in [0.3, 0.4) is 0 Å². The third-order valence-corrected chi connectivity index (χ3v) is 5.85. The number of methoxy groups -OCH3 is 2. The number of halogens is 1. The van der Waals surface area contributed by atoms with Gasteiger partial charge in [-0.05, 0) is 52.4 Å². The zero-order chi connectivity index (χ0) is 16.9. The number of nitrogens with zero attached hydrogens (tertiary/aromatic N) is 1. The van der Waals surface area contributed by atoms with Crippen molar-refractivity contribution in [2.24, 2.45) is 5.92 Å². The Kier molecular flexibility index (Phi) is 6.38. The Morgan fingerprint density at radius 3 is 2.25 bits per heavy atom. The first kappa shape index (κ1) is 18.0. The molecule has 0 spiro atoms. The number of piperazine rings is 1. The SMILES string of the molecule is COc1cc([C@@H](C2CCOCC2)N2CCNCC2)cc(OC)c1Br. The highest BCUT2D eigenvalue weighted by Gasteiger charge is 2.32. The number of benzene rings is 1. The number of hydrogen-bond donors (Lipinski definition) is 1. The van der Waals surface area contributed by atoms with E-state index in [4.69, 9.17) is 14.2 Å². The molecule has 3 rings (SSSR count). The predicted octanol–water partition coefficient (Wildman–Crippen LogP) is 2.84. The van der Waals surface area contributed by atoms with E-state index in [1.807, 2.05) is 0 Å². The lowest BCUT2D eigenvalue weighted by atomic mass is 9.85. The van der Waals surface area contributed by atoms with E-state index in [1.54, 1.807) is 14.2 Å². The quantitative estimate of drug-likeness (QED) is 0.825. The van der Waals surface area contributed by atoms with Gasteiger partial charge >= 0.3 is 0 Å². The van der Waals surface area contributed by atoms with Crippen molar-refractivity contribution in [2.45, 2.75) is 18.9 Å². The molecule has 2 heterocycles. The summed E-state index contributed by atoms with van der Waals surface area (Å²) in [6.07, 6.45) is 2.21. The summed E-state index contributed by atoms with van der Waals surface area (Å²) in [5.74, 6) is 2.26. The van der Waals surface area contributed by atoms with Crippen LogP contribution >= 0.6 is 15.9 Å². The second kappa shape index (κ2) is 8.52. The normalized spacial score (nSPS) is 21.5. The lowest BCUT2D eigenvalue weighted by molar-refractivity contribution is 0.0212. The van der Waals surface area contributed by atoms with Crippen molar-refractivity contribution in [3.63, 3.8) is 0 Å². The second-order valence-corrected chi connectivity index (χ2v) is 7.21. The molecule has 1 aromatic rings. The van der Waals surface area contributed by atoms with E-state index in [-0.39, 0.29) is 0 Å². The molecule has 0 aromatic heterocycles. The van der Waals surface area contributed by atoms with Crippen molar-refractivity contribution in [3.05, 3.63) is 22.2 Å². The molecule has 2 aliphatic heterocycles. The minimum atomic E-state index is 0.381. The molecule has 0 unspecified atom stereocenters. The first-order valence-electron chi connectivity index (χ1n) is 8.68. The smallest absolute Gasteiger partial charge is 0.137 e. The highest BCUT2D eigenvalue weighted by Crippen LogP contribution is 2.42. The average molecular weight is 399 g/mol. The maximum absolute atomic E-state index is 5.59. The number of ether oxygens (including phenoxy) is 3. The molecule has 1 atom stereocenters. The highest BCUT2D eigenvalue weighted by molar-refractivity contribution is 9.10. The van der Waals surface area contributed by atoms with Crippen LogP contribution < -0.4 is 14.8 Å². The minimum absolute atomic E-state index is 0.381. The van der Waals surface area contributed by atoms with Gasteiger partial charge in [-0.3, -0.25) is 4.90 Å². The molecular weight excluding hydrogens is 372 g/mol. The molecule has 2 aliphatic rings. The Bertz CT molecular complexity index is 500. The first-order chi connectivity index (χ1) is 11.7. The Balaban J connectivity index is 1.97. The van der Waals surface area contributed by atoms with Crippen molar-refractivity contribution in [1.29, 1.82) is 0 Å². The second-order valence-electron chi connectivity index (χ2n) is 6.42. The third-order valence-electron chi connectivity index (χ3n) is 5.07. The molecule has 2 saturated heterocycles. The molecule has 0 amide bonds. The molecular formula is C18H27BrN2O3. The summed E-state index contributed by atoms with van der Waals surface area (Å²) < 4.78 is 17.6. The lowest BCUT2D eigenvalue weighted by Crippen LogP contribution is -2.47. The van der Waals surface area contributed by atoms with E-state index in [1.165, 1.54) is 5.56 Å². The fourth-order valence-electron chi connectivity index (χ4n) is 3.83. The molecule has 0 bridgehead atoms. The Labute approximate surface area is 152 Å². The average Bonchev–Trinajstić information content (AvgIpc) is 2.65. The van der Waals surface area contributed by atoms with E-state index in [2.05, 4.69) is 38.3 Å². The summed E-state index contributed by atoms with van der Waals surface area (Å²) in [4.78, 5) is 2.61. The molecule has 0 saturated carbocycles. The van der Waals surface area contributed by atoms with Crippen LogP contribution in [0.1, 0.15) is 24.4 Å². The summed E-state index contributed by atoms with van der Waals surface area (Å²) in [6, 6.07) is 4.70. The van der Waals surface area contributed by atoms with E-state index in [9.17, 15) is 0 Å². The van der Waals surface area contributed by atoms with Crippen LogP contribution in [-0.4, -0.2) is 58.5 Å². The number of rotatable bonds is 5. The van der Waals surface area contributed by atoms with Crippen molar-refractivity contribution in [1.82, 2.24) is 10.2 Å². The van der Waals surface area contributed by atoms with Crippen molar-refractivity contribution in [3.8, 4) is 11.5 Å². The van der Waals surface area contributed by atoms with Gasteiger partial charge < -0.3 is 19.5 Å². The standard InChI is InChI=1S/C18H27BrN2O3/c1-22-15-11-14(12-16(23-2)17(15)19)18(13-3-9-24-10-4-13)21-7-5-20-6-8-21/h11-13,18,20H,3-10H2,1-2H3/t18-/m1/s1. The molecule has 1 N–H and O–H groups in total. The van der Waals surface area contributed by atoms with Gasteiger partial charge in [0.15, 0.2) is 0 Å². The topological polar surface area (TPSA) is 43.0 Å². The molecule has 24 heavy (non-hydrogen) atoms. The first-order valence-corrected chi connectivity index (χ1v) is 9.48. The van der Waals surface area contributed by atoms with E-state index in [0.717, 1.165) is 68.2 Å². The maximum atomic E-state index is 5.59. The fraction of sp³-hybridized carbons (Fsp3) is 0.667. The zero-order valence-corrected chi connectivity index (χ0v) is 16.1. The Morgan fingerprint density at radius 2 is 1.71 bits per heavy atom. The number of hydrogen-bond acceptors (Lipinski definition) is 5. The maximum Gasteiger partial charge on any atom is 0.137 e. The Morgan fingerprint density at radius 1 is 1.12 bits per heavy atom. The third kappa shape index (κ3) is 3.87. The van der Waals surface area contributed by atoms with Crippen LogP contribution in [0.5, 0.6) is 11.5 Å². The molecule has 5 nitrogen and oxygen atoms in total.